The minimum absolute atomic E-state index is 0.484. The van der Waals surface area contributed by atoms with Crippen molar-refractivity contribution in [3.05, 3.63) is 22.8 Å². The molecular weight excluding hydrogens is 208 g/mol. The molecule has 0 aromatic rings. The Balaban J connectivity index is 2.80. The molecule has 0 aromatic carbocycles. The van der Waals surface area contributed by atoms with Crippen LogP contribution >= 0.6 is 11.8 Å². The number of nitrogens with zero attached hydrogens (tertiary/aromatic N) is 2. The van der Waals surface area contributed by atoms with Gasteiger partial charge in [-0.1, -0.05) is 0 Å². The molecule has 0 atom stereocenters. The van der Waals surface area contributed by atoms with E-state index < -0.39 is 0 Å². The Morgan fingerprint density at radius 3 is 2.60 bits per heavy atom. The van der Waals surface area contributed by atoms with E-state index in [1.165, 1.54) is 12.8 Å². The van der Waals surface area contributed by atoms with Gasteiger partial charge in [-0.2, -0.15) is 5.26 Å². The average Bonchev–Trinajstić information content (AvgIpc) is 2.98. The van der Waals surface area contributed by atoms with Crippen LogP contribution in [0.4, 0.5) is 0 Å². The van der Waals surface area contributed by atoms with Gasteiger partial charge in [0.1, 0.15) is 5.40 Å². The van der Waals surface area contributed by atoms with Crippen LogP contribution in [0.2, 0.25) is 0 Å². The first-order valence-electron chi connectivity index (χ1n) is 4.78. The lowest BCUT2D eigenvalue weighted by atomic mass is 10.1. The number of carbonyl (C=O) groups excluding carboxylic acids is 1. The van der Waals surface area contributed by atoms with E-state index in [1.54, 1.807) is 0 Å². The van der Waals surface area contributed by atoms with Crippen LogP contribution < -0.4 is 0 Å². The maximum atomic E-state index is 10.7. The molecule has 1 saturated carbocycles. The van der Waals surface area contributed by atoms with Gasteiger partial charge in [0, 0.05) is 20.3 Å². The normalized spacial score (nSPS) is 17.1. The smallest absolute Gasteiger partial charge is 0.157 e. The summed E-state index contributed by atoms with van der Waals surface area (Å²) in [6.45, 7) is 0. The molecule has 0 saturated heterocycles. The Hall–Kier alpha value is -1.21. The highest BCUT2D eigenvalue weighted by molar-refractivity contribution is 8.08. The number of allylic oxidation sites excluding steroid dienone is 3. The predicted octanol–water partition coefficient (Wildman–Crippen LogP) is 2.14. The van der Waals surface area contributed by atoms with Crippen LogP contribution in [0.1, 0.15) is 12.8 Å². The molecule has 0 bridgehead atoms. The number of nitriles is 1. The lowest BCUT2D eigenvalue weighted by molar-refractivity contribution is -0.104. The van der Waals surface area contributed by atoms with Gasteiger partial charge in [0.05, 0.1) is 4.91 Å². The van der Waals surface area contributed by atoms with E-state index in [9.17, 15) is 4.79 Å². The third-order valence-electron chi connectivity index (χ3n) is 2.04. The van der Waals surface area contributed by atoms with Crippen LogP contribution in [-0.4, -0.2) is 25.3 Å². The third-order valence-corrected chi connectivity index (χ3v) is 2.59. The lowest BCUT2D eigenvalue weighted by Crippen LogP contribution is -2.03. The van der Waals surface area contributed by atoms with Gasteiger partial charge in [0.2, 0.25) is 0 Å². The van der Waals surface area contributed by atoms with E-state index >= 15 is 0 Å². The fraction of sp³-hybridized carbons (Fsp3) is 0.455. The summed E-state index contributed by atoms with van der Waals surface area (Å²) in [6.07, 6.45) is 6.93. The van der Waals surface area contributed by atoms with Crippen molar-refractivity contribution >= 4 is 18.0 Å². The Morgan fingerprint density at radius 1 is 1.53 bits per heavy atom. The summed E-state index contributed by atoms with van der Waals surface area (Å²) in [5, 5.41) is 10.4. The summed E-state index contributed by atoms with van der Waals surface area (Å²) in [6, 6.07) is 0. The molecule has 1 fully saturated rings. The minimum Gasteiger partial charge on any atom is -0.383 e. The summed E-state index contributed by atoms with van der Waals surface area (Å²) >= 11 is 0.916. The Bertz CT molecular complexity index is 335. The van der Waals surface area contributed by atoms with E-state index in [0.717, 1.165) is 23.6 Å². The number of rotatable bonds is 5. The molecule has 1 aliphatic carbocycles. The minimum atomic E-state index is 0.484. The van der Waals surface area contributed by atoms with E-state index in [0.29, 0.717) is 10.8 Å². The molecule has 3 nitrogen and oxygen atoms in total. The summed E-state index contributed by atoms with van der Waals surface area (Å²) in [5.41, 5.74) is 1.14. The summed E-state index contributed by atoms with van der Waals surface area (Å²) in [5.74, 6) is 0.571. The van der Waals surface area contributed by atoms with E-state index in [-0.39, 0.29) is 0 Å². The molecule has 4 heteroatoms. The molecule has 1 rings (SSSR count). The zero-order valence-electron chi connectivity index (χ0n) is 8.93. The van der Waals surface area contributed by atoms with Crippen LogP contribution in [0.15, 0.2) is 22.8 Å². The van der Waals surface area contributed by atoms with Gasteiger partial charge in [-0.05, 0) is 42.2 Å². The first-order chi connectivity index (χ1) is 7.17. The van der Waals surface area contributed by atoms with Crippen LogP contribution in [0, 0.1) is 16.6 Å². The molecule has 0 aromatic heterocycles. The maximum absolute atomic E-state index is 10.7. The second kappa shape index (κ2) is 5.62. The monoisotopic (exact) mass is 222 g/mol. The molecule has 15 heavy (non-hydrogen) atoms. The zero-order chi connectivity index (χ0) is 11.3. The van der Waals surface area contributed by atoms with Gasteiger partial charge in [-0.3, -0.25) is 4.79 Å². The average molecular weight is 222 g/mol. The molecule has 0 N–H and O–H groups in total. The van der Waals surface area contributed by atoms with E-state index in [1.807, 2.05) is 36.7 Å². The second-order valence-corrected chi connectivity index (χ2v) is 4.58. The fourth-order valence-corrected chi connectivity index (χ4v) is 1.63. The number of hydrogen-bond acceptors (Lipinski definition) is 4. The van der Waals surface area contributed by atoms with Gasteiger partial charge in [0.15, 0.2) is 6.29 Å². The van der Waals surface area contributed by atoms with Crippen molar-refractivity contribution in [2.45, 2.75) is 12.8 Å². The van der Waals surface area contributed by atoms with Crippen LogP contribution in [0.3, 0.4) is 0 Å². The predicted molar refractivity (Wildman–Crippen MR) is 61.8 cm³/mol. The lowest BCUT2D eigenvalue weighted by Gasteiger charge is -2.08. The van der Waals surface area contributed by atoms with Crippen molar-refractivity contribution < 1.29 is 4.79 Å². The summed E-state index contributed by atoms with van der Waals surface area (Å²) in [7, 11) is 3.91. The first kappa shape index (κ1) is 11.9. The number of thiocyanates is 1. The van der Waals surface area contributed by atoms with E-state index in [4.69, 9.17) is 5.26 Å². The number of hydrogen-bond donors (Lipinski definition) is 0. The second-order valence-electron chi connectivity index (χ2n) is 3.72. The molecule has 0 radical (unpaired) electrons. The van der Waals surface area contributed by atoms with Gasteiger partial charge in [0.25, 0.3) is 0 Å². The summed E-state index contributed by atoms with van der Waals surface area (Å²) < 4.78 is 0. The van der Waals surface area contributed by atoms with Crippen molar-refractivity contribution in [3.63, 3.8) is 0 Å². The Labute approximate surface area is 94.4 Å². The largest absolute Gasteiger partial charge is 0.383 e. The molecule has 0 spiro atoms. The molecule has 80 valence electrons. The molecule has 0 aliphatic heterocycles. The quantitative estimate of drug-likeness (QED) is 0.309. The van der Waals surface area contributed by atoms with Gasteiger partial charge < -0.3 is 4.90 Å². The highest BCUT2D eigenvalue weighted by Crippen LogP contribution is 2.38. The molecule has 1 aliphatic rings. The number of carbonyl (C=O) groups is 1. The van der Waals surface area contributed by atoms with Crippen molar-refractivity contribution in [3.8, 4) is 5.40 Å². The van der Waals surface area contributed by atoms with Crippen LogP contribution in [0.5, 0.6) is 0 Å². The highest BCUT2D eigenvalue weighted by atomic mass is 32.2. The molecular formula is C11H14N2OS. The Morgan fingerprint density at radius 2 is 2.20 bits per heavy atom. The Kier molecular flexibility index (Phi) is 4.44. The van der Waals surface area contributed by atoms with Gasteiger partial charge >= 0.3 is 0 Å². The molecule has 0 heterocycles. The summed E-state index contributed by atoms with van der Waals surface area (Å²) in [4.78, 5) is 13.1. The standard InChI is InChI=1S/C11H14N2OS/c1-13(2)6-10(9-3-4-9)5-11(7-14)15-8-12/h5-7,9H,3-4H2,1-2H3/b10-6+,11-5+. The van der Waals surface area contributed by atoms with Gasteiger partial charge in [-0.25, -0.2) is 0 Å². The van der Waals surface area contributed by atoms with Crippen molar-refractivity contribution in [2.24, 2.45) is 5.92 Å². The topological polar surface area (TPSA) is 44.1 Å². The fourth-order valence-electron chi connectivity index (χ4n) is 1.28. The van der Waals surface area contributed by atoms with Crippen LogP contribution in [0.25, 0.3) is 0 Å². The molecule has 0 unspecified atom stereocenters. The highest BCUT2D eigenvalue weighted by Gasteiger charge is 2.25. The van der Waals surface area contributed by atoms with Crippen molar-refractivity contribution in [1.82, 2.24) is 4.90 Å². The number of thioether (sulfide) groups is 1. The SMILES string of the molecule is CN(C)/C=C(\C=C(/C=O)SC#N)C1CC1. The molecule has 0 amide bonds. The zero-order valence-corrected chi connectivity index (χ0v) is 9.75. The third kappa shape index (κ3) is 4.22. The van der Waals surface area contributed by atoms with Gasteiger partial charge in [-0.15, -0.1) is 0 Å². The van der Waals surface area contributed by atoms with Crippen molar-refractivity contribution in [2.75, 3.05) is 14.1 Å². The van der Waals surface area contributed by atoms with E-state index in [2.05, 4.69) is 0 Å². The van der Waals surface area contributed by atoms with Crippen LogP contribution in [-0.2, 0) is 4.79 Å². The van der Waals surface area contributed by atoms with Crippen molar-refractivity contribution in [1.29, 1.82) is 5.26 Å². The maximum Gasteiger partial charge on any atom is 0.157 e. The first-order valence-corrected chi connectivity index (χ1v) is 5.60. The number of aldehydes is 1.